The maximum absolute atomic E-state index is 12.7. The SMILES string of the molecule is Cc1cccc(C(=O)N(C)c2cccc(C(N)=S)c2)c1I. The third-order valence-electron chi connectivity index (χ3n) is 3.24. The highest BCUT2D eigenvalue weighted by Crippen LogP contribution is 2.22. The minimum absolute atomic E-state index is 0.0526. The zero-order valence-electron chi connectivity index (χ0n) is 11.8. The second-order valence-electron chi connectivity index (χ2n) is 4.72. The molecule has 0 saturated carbocycles. The summed E-state index contributed by atoms with van der Waals surface area (Å²) in [6.45, 7) is 1.99. The van der Waals surface area contributed by atoms with Gasteiger partial charge in [0.05, 0.1) is 5.56 Å². The van der Waals surface area contributed by atoms with Crippen LogP contribution in [0.15, 0.2) is 42.5 Å². The quantitative estimate of drug-likeness (QED) is 0.623. The molecule has 21 heavy (non-hydrogen) atoms. The van der Waals surface area contributed by atoms with E-state index in [1.807, 2.05) is 49.4 Å². The summed E-state index contributed by atoms with van der Waals surface area (Å²) in [6, 6.07) is 13.1. The van der Waals surface area contributed by atoms with Gasteiger partial charge in [-0.2, -0.15) is 0 Å². The minimum atomic E-state index is -0.0526. The Morgan fingerprint density at radius 1 is 1.24 bits per heavy atom. The summed E-state index contributed by atoms with van der Waals surface area (Å²) >= 11 is 7.18. The molecule has 3 nitrogen and oxygen atoms in total. The molecule has 0 aromatic heterocycles. The molecule has 0 saturated heterocycles. The van der Waals surface area contributed by atoms with E-state index in [1.54, 1.807) is 11.9 Å². The number of hydrogen-bond donors (Lipinski definition) is 1. The topological polar surface area (TPSA) is 46.3 Å². The van der Waals surface area contributed by atoms with Crippen LogP contribution in [0.4, 0.5) is 5.69 Å². The van der Waals surface area contributed by atoms with Crippen molar-refractivity contribution >= 4 is 51.4 Å². The molecule has 5 heteroatoms. The van der Waals surface area contributed by atoms with E-state index in [4.69, 9.17) is 18.0 Å². The molecular formula is C16H15IN2OS. The van der Waals surface area contributed by atoms with Crippen LogP contribution in [0.2, 0.25) is 0 Å². The second kappa shape index (κ2) is 6.53. The van der Waals surface area contributed by atoms with Crippen molar-refractivity contribution in [2.45, 2.75) is 6.92 Å². The zero-order chi connectivity index (χ0) is 15.6. The van der Waals surface area contributed by atoms with Gasteiger partial charge in [-0.15, -0.1) is 0 Å². The lowest BCUT2D eigenvalue weighted by Gasteiger charge is -2.19. The molecule has 2 aromatic carbocycles. The Hall–Kier alpha value is -1.47. The fourth-order valence-electron chi connectivity index (χ4n) is 1.98. The first-order valence-electron chi connectivity index (χ1n) is 6.35. The number of thiocarbonyl (C=S) groups is 1. The Morgan fingerprint density at radius 2 is 1.90 bits per heavy atom. The monoisotopic (exact) mass is 410 g/mol. The van der Waals surface area contributed by atoms with Crippen LogP contribution in [-0.2, 0) is 0 Å². The van der Waals surface area contributed by atoms with Crippen LogP contribution in [0.1, 0.15) is 21.5 Å². The summed E-state index contributed by atoms with van der Waals surface area (Å²) in [5, 5.41) is 0. The van der Waals surface area contributed by atoms with E-state index in [1.165, 1.54) is 0 Å². The van der Waals surface area contributed by atoms with Crippen LogP contribution in [-0.4, -0.2) is 17.9 Å². The number of benzene rings is 2. The van der Waals surface area contributed by atoms with E-state index in [0.717, 1.165) is 20.4 Å². The zero-order valence-corrected chi connectivity index (χ0v) is 14.7. The lowest BCUT2D eigenvalue weighted by atomic mass is 10.1. The van der Waals surface area contributed by atoms with E-state index in [0.29, 0.717) is 10.6 Å². The first-order valence-corrected chi connectivity index (χ1v) is 7.83. The number of halogens is 1. The van der Waals surface area contributed by atoms with Crippen molar-refractivity contribution in [3.05, 3.63) is 62.7 Å². The van der Waals surface area contributed by atoms with Crippen LogP contribution < -0.4 is 10.6 Å². The maximum atomic E-state index is 12.7. The Bertz CT molecular complexity index is 715. The van der Waals surface area contributed by atoms with Crippen molar-refractivity contribution in [1.82, 2.24) is 0 Å². The molecule has 0 aliphatic heterocycles. The molecule has 1 amide bonds. The highest BCUT2D eigenvalue weighted by atomic mass is 127. The van der Waals surface area contributed by atoms with Crippen molar-refractivity contribution in [2.75, 3.05) is 11.9 Å². The lowest BCUT2D eigenvalue weighted by Crippen LogP contribution is -2.27. The van der Waals surface area contributed by atoms with Gasteiger partial charge in [-0.05, 0) is 53.3 Å². The highest BCUT2D eigenvalue weighted by molar-refractivity contribution is 14.1. The number of nitrogens with zero attached hydrogens (tertiary/aromatic N) is 1. The first kappa shape index (κ1) is 15.9. The Morgan fingerprint density at radius 3 is 2.57 bits per heavy atom. The Labute approximate surface area is 143 Å². The van der Waals surface area contributed by atoms with Crippen molar-refractivity contribution in [3.63, 3.8) is 0 Å². The summed E-state index contributed by atoms with van der Waals surface area (Å²) in [5.74, 6) is -0.0526. The third kappa shape index (κ3) is 3.41. The molecule has 108 valence electrons. The summed E-state index contributed by atoms with van der Waals surface area (Å²) in [7, 11) is 1.75. The fourth-order valence-corrected chi connectivity index (χ4v) is 2.70. The summed E-state index contributed by atoms with van der Waals surface area (Å²) in [5.41, 5.74) is 8.94. The predicted molar refractivity (Wildman–Crippen MR) is 99.0 cm³/mol. The van der Waals surface area contributed by atoms with Gasteiger partial charge < -0.3 is 10.6 Å². The number of nitrogens with two attached hydrogens (primary N) is 1. The largest absolute Gasteiger partial charge is 0.389 e. The van der Waals surface area contributed by atoms with Gasteiger partial charge in [0.25, 0.3) is 5.91 Å². The first-order chi connectivity index (χ1) is 9.91. The average Bonchev–Trinajstić information content (AvgIpc) is 2.48. The summed E-state index contributed by atoms with van der Waals surface area (Å²) < 4.78 is 0.970. The maximum Gasteiger partial charge on any atom is 0.259 e. The number of carbonyl (C=O) groups excluding carboxylic acids is 1. The van der Waals surface area contributed by atoms with Gasteiger partial charge >= 0.3 is 0 Å². The molecule has 0 aliphatic rings. The smallest absolute Gasteiger partial charge is 0.259 e. The number of carbonyl (C=O) groups is 1. The average molecular weight is 410 g/mol. The standard InChI is InChI=1S/C16H15IN2OS/c1-10-5-3-8-13(14(10)17)16(20)19(2)12-7-4-6-11(9-12)15(18)21/h3-9H,1-2H3,(H2,18,21). The van der Waals surface area contributed by atoms with E-state index < -0.39 is 0 Å². The number of rotatable bonds is 3. The molecule has 2 rings (SSSR count). The minimum Gasteiger partial charge on any atom is -0.389 e. The van der Waals surface area contributed by atoms with E-state index >= 15 is 0 Å². The van der Waals surface area contributed by atoms with Crippen molar-refractivity contribution < 1.29 is 4.79 Å². The van der Waals surface area contributed by atoms with Crippen LogP contribution >= 0.6 is 34.8 Å². The molecule has 0 fully saturated rings. The summed E-state index contributed by atoms with van der Waals surface area (Å²) in [4.78, 5) is 14.6. The van der Waals surface area contributed by atoms with Crippen LogP contribution in [0.3, 0.4) is 0 Å². The molecule has 0 bridgehead atoms. The van der Waals surface area contributed by atoms with Gasteiger partial charge in [0.2, 0.25) is 0 Å². The molecule has 0 spiro atoms. The van der Waals surface area contributed by atoms with Gasteiger partial charge in [0.1, 0.15) is 4.99 Å². The molecule has 0 unspecified atom stereocenters. The fraction of sp³-hybridized carbons (Fsp3) is 0.125. The molecule has 2 N–H and O–H groups in total. The summed E-state index contributed by atoms with van der Waals surface area (Å²) in [6.07, 6.45) is 0. The van der Waals surface area contributed by atoms with Gasteiger partial charge in [-0.1, -0.05) is 36.5 Å². The number of aryl methyl sites for hydroxylation is 1. The van der Waals surface area contributed by atoms with E-state index in [9.17, 15) is 4.79 Å². The molecule has 0 radical (unpaired) electrons. The van der Waals surface area contributed by atoms with Crippen LogP contribution in [0.25, 0.3) is 0 Å². The van der Waals surface area contributed by atoms with Gasteiger partial charge in [0.15, 0.2) is 0 Å². The van der Waals surface area contributed by atoms with Crippen LogP contribution in [0, 0.1) is 10.5 Å². The van der Waals surface area contributed by atoms with Crippen LogP contribution in [0.5, 0.6) is 0 Å². The number of anilines is 1. The third-order valence-corrected chi connectivity index (χ3v) is 4.91. The molecule has 0 heterocycles. The van der Waals surface area contributed by atoms with Crippen molar-refractivity contribution in [2.24, 2.45) is 5.73 Å². The number of hydrogen-bond acceptors (Lipinski definition) is 2. The second-order valence-corrected chi connectivity index (χ2v) is 6.23. The lowest BCUT2D eigenvalue weighted by molar-refractivity contribution is 0.0992. The predicted octanol–water partition coefficient (Wildman–Crippen LogP) is 3.51. The van der Waals surface area contributed by atoms with Crippen molar-refractivity contribution in [3.8, 4) is 0 Å². The number of amides is 1. The molecular weight excluding hydrogens is 395 g/mol. The van der Waals surface area contributed by atoms with Gasteiger partial charge in [-0.3, -0.25) is 4.79 Å². The Balaban J connectivity index is 2.37. The highest BCUT2D eigenvalue weighted by Gasteiger charge is 2.17. The normalized spacial score (nSPS) is 10.2. The molecule has 0 atom stereocenters. The molecule has 0 aliphatic carbocycles. The Kier molecular flexibility index (Phi) is 4.95. The van der Waals surface area contributed by atoms with E-state index in [-0.39, 0.29) is 5.91 Å². The van der Waals surface area contributed by atoms with E-state index in [2.05, 4.69) is 22.6 Å². The van der Waals surface area contributed by atoms with Gasteiger partial charge in [0, 0.05) is 21.9 Å². The van der Waals surface area contributed by atoms with Crippen molar-refractivity contribution in [1.29, 1.82) is 0 Å². The van der Waals surface area contributed by atoms with Gasteiger partial charge in [-0.25, -0.2) is 0 Å². The molecule has 2 aromatic rings.